The van der Waals surface area contributed by atoms with Crippen LogP contribution in [0.3, 0.4) is 0 Å². The first-order valence-corrected chi connectivity index (χ1v) is 9.87. The first-order valence-electron chi connectivity index (χ1n) is 9.87. The van der Waals surface area contributed by atoms with Gasteiger partial charge in [0.2, 0.25) is 0 Å². The lowest BCUT2D eigenvalue weighted by molar-refractivity contribution is 0.0940. The zero-order valence-electron chi connectivity index (χ0n) is 17.9. The molecule has 0 saturated carbocycles. The van der Waals surface area contributed by atoms with E-state index in [0.29, 0.717) is 17.0 Å². The number of methoxy groups -OCH3 is 2. The molecule has 0 fully saturated rings. The number of carbonyl (C=O) groups excluding carboxylic acids is 1. The van der Waals surface area contributed by atoms with E-state index in [1.807, 2.05) is 73.3 Å². The first kappa shape index (κ1) is 20.4. The smallest absolute Gasteiger partial charge is 0.253 e. The zero-order valence-corrected chi connectivity index (χ0v) is 17.9. The van der Waals surface area contributed by atoms with Gasteiger partial charge in [0, 0.05) is 24.8 Å². The largest absolute Gasteiger partial charge is 0.497 e. The van der Waals surface area contributed by atoms with Gasteiger partial charge in [0.1, 0.15) is 23.4 Å². The monoisotopic (exact) mass is 416 g/mol. The van der Waals surface area contributed by atoms with E-state index in [1.165, 1.54) is 0 Å². The maximum Gasteiger partial charge on any atom is 0.253 e. The van der Waals surface area contributed by atoms with Crippen molar-refractivity contribution in [2.45, 2.75) is 13.0 Å². The Morgan fingerprint density at radius 3 is 2.39 bits per heavy atom. The molecule has 0 aliphatic carbocycles. The van der Waals surface area contributed by atoms with Crippen LogP contribution < -0.4 is 14.8 Å². The molecule has 4 aromatic rings. The van der Waals surface area contributed by atoms with E-state index in [2.05, 4.69) is 15.3 Å². The molecule has 2 aromatic heterocycles. The SMILES string of the molecule is COc1ccc([C@H](NC(=O)c2cc3cc(OC)ccc3nc2C)c2nccn2C)cc1. The van der Waals surface area contributed by atoms with Gasteiger partial charge in [-0.05, 0) is 48.9 Å². The highest BCUT2D eigenvalue weighted by Gasteiger charge is 2.23. The number of amides is 1. The number of imidazole rings is 1. The van der Waals surface area contributed by atoms with Crippen LogP contribution >= 0.6 is 0 Å². The van der Waals surface area contributed by atoms with Crippen molar-refractivity contribution < 1.29 is 14.3 Å². The molecule has 4 rings (SSSR count). The van der Waals surface area contributed by atoms with Crippen LogP contribution in [0.5, 0.6) is 11.5 Å². The van der Waals surface area contributed by atoms with Crippen LogP contribution in [0, 0.1) is 6.92 Å². The fraction of sp³-hybridized carbons (Fsp3) is 0.208. The number of hydrogen-bond donors (Lipinski definition) is 1. The summed E-state index contributed by atoms with van der Waals surface area (Å²) in [7, 11) is 5.14. The van der Waals surface area contributed by atoms with Gasteiger partial charge in [0.05, 0.1) is 31.0 Å². The molecule has 7 nitrogen and oxygen atoms in total. The van der Waals surface area contributed by atoms with Crippen molar-refractivity contribution >= 4 is 16.8 Å². The summed E-state index contributed by atoms with van der Waals surface area (Å²) in [5, 5.41) is 3.97. The standard InChI is InChI=1S/C24H24N4O3/c1-15-20(14-17-13-19(31-4)9-10-21(17)26-15)24(29)27-22(23-25-11-12-28(23)2)16-5-7-18(30-3)8-6-16/h5-14,22H,1-4H3,(H,27,29)/t22-/m0/s1. The molecule has 0 aliphatic heterocycles. The van der Waals surface area contributed by atoms with Gasteiger partial charge >= 0.3 is 0 Å². The summed E-state index contributed by atoms with van der Waals surface area (Å²) in [6.07, 6.45) is 3.57. The minimum absolute atomic E-state index is 0.224. The van der Waals surface area contributed by atoms with Crippen LogP contribution in [-0.2, 0) is 7.05 Å². The molecule has 2 aromatic carbocycles. The fourth-order valence-electron chi connectivity index (χ4n) is 3.57. The molecule has 0 saturated heterocycles. The van der Waals surface area contributed by atoms with Gasteiger partial charge in [-0.15, -0.1) is 0 Å². The van der Waals surface area contributed by atoms with Crippen molar-refractivity contribution in [3.05, 3.63) is 83.6 Å². The van der Waals surface area contributed by atoms with E-state index in [4.69, 9.17) is 9.47 Å². The topological polar surface area (TPSA) is 78.3 Å². The Kier molecular flexibility index (Phi) is 5.58. The van der Waals surface area contributed by atoms with Crippen LogP contribution in [0.15, 0.2) is 60.9 Å². The van der Waals surface area contributed by atoms with Crippen molar-refractivity contribution in [3.63, 3.8) is 0 Å². The molecule has 1 atom stereocenters. The van der Waals surface area contributed by atoms with Gasteiger partial charge in [0.25, 0.3) is 5.91 Å². The maximum absolute atomic E-state index is 13.3. The van der Waals surface area contributed by atoms with Gasteiger partial charge in [-0.3, -0.25) is 9.78 Å². The van der Waals surface area contributed by atoms with Gasteiger partial charge in [-0.25, -0.2) is 4.98 Å². The van der Waals surface area contributed by atoms with E-state index in [0.717, 1.165) is 28.0 Å². The zero-order chi connectivity index (χ0) is 22.0. The Bertz CT molecular complexity index is 1230. The van der Waals surface area contributed by atoms with Gasteiger partial charge in [0.15, 0.2) is 0 Å². The number of benzene rings is 2. The van der Waals surface area contributed by atoms with Crippen molar-refractivity contribution in [3.8, 4) is 11.5 Å². The van der Waals surface area contributed by atoms with E-state index in [1.54, 1.807) is 20.4 Å². The molecule has 0 bridgehead atoms. The molecule has 2 heterocycles. The number of nitrogens with one attached hydrogen (secondary N) is 1. The molecule has 7 heteroatoms. The normalized spacial score (nSPS) is 11.9. The predicted molar refractivity (Wildman–Crippen MR) is 119 cm³/mol. The molecule has 31 heavy (non-hydrogen) atoms. The van der Waals surface area contributed by atoms with Crippen molar-refractivity contribution in [2.75, 3.05) is 14.2 Å². The summed E-state index contributed by atoms with van der Waals surface area (Å²) >= 11 is 0. The Hall–Kier alpha value is -3.87. The van der Waals surface area contributed by atoms with E-state index >= 15 is 0 Å². The minimum atomic E-state index is -0.432. The number of carbonyl (C=O) groups is 1. The Morgan fingerprint density at radius 2 is 1.74 bits per heavy atom. The average Bonchev–Trinajstić information content (AvgIpc) is 3.22. The number of pyridine rings is 1. The summed E-state index contributed by atoms with van der Waals surface area (Å²) in [6, 6.07) is 14.6. The Balaban J connectivity index is 1.72. The summed E-state index contributed by atoms with van der Waals surface area (Å²) in [4.78, 5) is 22.4. The molecule has 0 aliphatic rings. The van der Waals surface area contributed by atoms with Crippen LogP contribution in [0.25, 0.3) is 10.9 Å². The molecule has 158 valence electrons. The lowest BCUT2D eigenvalue weighted by Gasteiger charge is -2.20. The maximum atomic E-state index is 13.3. The van der Waals surface area contributed by atoms with Gasteiger partial charge < -0.3 is 19.4 Å². The summed E-state index contributed by atoms with van der Waals surface area (Å²) in [6.45, 7) is 1.84. The number of ether oxygens (including phenoxy) is 2. The predicted octanol–water partition coefficient (Wildman–Crippen LogP) is 3.81. The van der Waals surface area contributed by atoms with E-state index in [9.17, 15) is 4.79 Å². The number of aryl methyl sites for hydroxylation is 2. The third-order valence-corrected chi connectivity index (χ3v) is 5.30. The number of rotatable bonds is 6. The Morgan fingerprint density at radius 1 is 1.03 bits per heavy atom. The van der Waals surface area contributed by atoms with Crippen molar-refractivity contribution in [1.29, 1.82) is 0 Å². The van der Waals surface area contributed by atoms with Crippen LogP contribution in [0.4, 0.5) is 0 Å². The van der Waals surface area contributed by atoms with Crippen LogP contribution in [0.1, 0.15) is 33.5 Å². The second kappa shape index (κ2) is 8.47. The second-order valence-corrected chi connectivity index (χ2v) is 7.26. The quantitative estimate of drug-likeness (QED) is 0.517. The minimum Gasteiger partial charge on any atom is -0.497 e. The van der Waals surface area contributed by atoms with Gasteiger partial charge in [-0.2, -0.15) is 0 Å². The van der Waals surface area contributed by atoms with Crippen molar-refractivity contribution in [1.82, 2.24) is 19.9 Å². The molecule has 0 unspecified atom stereocenters. The molecular formula is C24H24N4O3. The van der Waals surface area contributed by atoms with Gasteiger partial charge in [-0.1, -0.05) is 12.1 Å². The third-order valence-electron chi connectivity index (χ3n) is 5.30. The summed E-state index contributed by atoms with van der Waals surface area (Å²) < 4.78 is 12.5. The lowest BCUT2D eigenvalue weighted by atomic mass is 10.0. The average molecular weight is 416 g/mol. The van der Waals surface area contributed by atoms with E-state index in [-0.39, 0.29) is 5.91 Å². The van der Waals surface area contributed by atoms with Crippen LogP contribution in [-0.4, -0.2) is 34.7 Å². The molecule has 0 radical (unpaired) electrons. The number of fused-ring (bicyclic) bond motifs is 1. The highest BCUT2D eigenvalue weighted by molar-refractivity contribution is 5.99. The summed E-state index contributed by atoms with van der Waals surface area (Å²) in [5.41, 5.74) is 2.87. The number of hydrogen-bond acceptors (Lipinski definition) is 5. The molecule has 1 N–H and O–H groups in total. The highest BCUT2D eigenvalue weighted by atomic mass is 16.5. The second-order valence-electron chi connectivity index (χ2n) is 7.26. The number of nitrogens with zero attached hydrogens (tertiary/aromatic N) is 3. The molecule has 1 amide bonds. The molecule has 0 spiro atoms. The Labute approximate surface area is 180 Å². The first-order chi connectivity index (χ1) is 15.0. The third kappa shape index (κ3) is 4.07. The summed E-state index contributed by atoms with van der Waals surface area (Å²) in [5.74, 6) is 1.97. The number of aromatic nitrogens is 3. The highest BCUT2D eigenvalue weighted by Crippen LogP contribution is 2.25. The fourth-order valence-corrected chi connectivity index (χ4v) is 3.57. The van der Waals surface area contributed by atoms with Crippen molar-refractivity contribution in [2.24, 2.45) is 7.05 Å². The van der Waals surface area contributed by atoms with Crippen LogP contribution in [0.2, 0.25) is 0 Å². The van der Waals surface area contributed by atoms with E-state index < -0.39 is 6.04 Å². The molecular weight excluding hydrogens is 392 g/mol. The lowest BCUT2D eigenvalue weighted by Crippen LogP contribution is -2.31.